The first kappa shape index (κ1) is 12.8. The van der Waals surface area contributed by atoms with E-state index in [1.165, 1.54) is 0 Å². The van der Waals surface area contributed by atoms with E-state index in [0.717, 1.165) is 12.8 Å². The lowest BCUT2D eigenvalue weighted by Gasteiger charge is -2.55. The summed E-state index contributed by atoms with van der Waals surface area (Å²) in [6.45, 7) is 1.76. The maximum absolute atomic E-state index is 12.0. The van der Waals surface area contributed by atoms with Crippen LogP contribution in [0.4, 0.5) is 0 Å². The SMILES string of the molecule is O=S(=O)(N[C@@H]1C[C@@H](O)C12CCOCC2)C1COC1. The molecular formula is C11H19NO5S. The van der Waals surface area contributed by atoms with Gasteiger partial charge in [-0.2, -0.15) is 0 Å². The molecule has 3 fully saturated rings. The van der Waals surface area contributed by atoms with Crippen molar-refractivity contribution in [1.29, 1.82) is 0 Å². The Kier molecular flexibility index (Phi) is 3.14. The Balaban J connectivity index is 1.69. The van der Waals surface area contributed by atoms with Crippen molar-refractivity contribution in [2.45, 2.75) is 36.7 Å². The largest absolute Gasteiger partial charge is 0.392 e. The van der Waals surface area contributed by atoms with Gasteiger partial charge in [-0.3, -0.25) is 0 Å². The molecule has 0 aromatic heterocycles. The summed E-state index contributed by atoms with van der Waals surface area (Å²) in [6.07, 6.45) is 1.55. The van der Waals surface area contributed by atoms with Gasteiger partial charge in [-0.15, -0.1) is 0 Å². The van der Waals surface area contributed by atoms with Crippen LogP contribution < -0.4 is 4.72 Å². The molecule has 1 spiro atoms. The van der Waals surface area contributed by atoms with Crippen molar-refractivity contribution in [2.75, 3.05) is 26.4 Å². The van der Waals surface area contributed by atoms with Crippen molar-refractivity contribution in [3.05, 3.63) is 0 Å². The van der Waals surface area contributed by atoms with E-state index in [1.54, 1.807) is 0 Å². The topological polar surface area (TPSA) is 84.9 Å². The summed E-state index contributed by atoms with van der Waals surface area (Å²) in [6, 6.07) is -0.151. The summed E-state index contributed by atoms with van der Waals surface area (Å²) in [5.41, 5.74) is -0.310. The van der Waals surface area contributed by atoms with Crippen LogP contribution in [0.5, 0.6) is 0 Å². The summed E-state index contributed by atoms with van der Waals surface area (Å²) in [4.78, 5) is 0. The van der Waals surface area contributed by atoms with E-state index in [1.807, 2.05) is 0 Å². The molecule has 0 radical (unpaired) electrons. The first-order chi connectivity index (χ1) is 8.55. The highest BCUT2D eigenvalue weighted by Crippen LogP contribution is 2.49. The van der Waals surface area contributed by atoms with Gasteiger partial charge in [-0.1, -0.05) is 0 Å². The number of rotatable bonds is 3. The molecule has 0 amide bonds. The van der Waals surface area contributed by atoms with Gasteiger partial charge in [0, 0.05) is 24.7 Å². The first-order valence-corrected chi connectivity index (χ1v) is 7.94. The van der Waals surface area contributed by atoms with E-state index in [0.29, 0.717) is 19.6 Å². The molecule has 2 N–H and O–H groups in total. The van der Waals surface area contributed by atoms with Gasteiger partial charge < -0.3 is 14.6 Å². The molecule has 2 saturated heterocycles. The van der Waals surface area contributed by atoms with Gasteiger partial charge in [-0.05, 0) is 19.3 Å². The van der Waals surface area contributed by atoms with E-state index in [-0.39, 0.29) is 24.7 Å². The van der Waals surface area contributed by atoms with Crippen molar-refractivity contribution < 1.29 is 23.0 Å². The second kappa shape index (κ2) is 4.42. The Morgan fingerprint density at radius 2 is 1.83 bits per heavy atom. The van der Waals surface area contributed by atoms with Crippen LogP contribution in [0.3, 0.4) is 0 Å². The Labute approximate surface area is 107 Å². The zero-order chi connectivity index (χ0) is 12.8. The summed E-state index contributed by atoms with van der Waals surface area (Å²) in [5.74, 6) is 0. The van der Waals surface area contributed by atoms with Crippen LogP contribution in [0.15, 0.2) is 0 Å². The Bertz CT molecular complexity index is 413. The number of hydrogen-bond donors (Lipinski definition) is 2. The fourth-order valence-electron chi connectivity index (χ4n) is 3.05. The molecule has 2 atom stereocenters. The van der Waals surface area contributed by atoms with Gasteiger partial charge in [0.1, 0.15) is 5.25 Å². The number of sulfonamides is 1. The molecule has 1 saturated carbocycles. The van der Waals surface area contributed by atoms with Gasteiger partial charge >= 0.3 is 0 Å². The molecule has 3 rings (SSSR count). The predicted octanol–water partition coefficient (Wildman–Crippen LogP) is -0.765. The fourth-order valence-corrected chi connectivity index (χ4v) is 4.52. The molecule has 6 nitrogen and oxygen atoms in total. The normalized spacial score (nSPS) is 36.1. The summed E-state index contributed by atoms with van der Waals surface area (Å²) < 4.78 is 37.1. The Morgan fingerprint density at radius 1 is 1.17 bits per heavy atom. The molecule has 0 unspecified atom stereocenters. The van der Waals surface area contributed by atoms with Crippen molar-refractivity contribution >= 4 is 10.0 Å². The third-order valence-electron chi connectivity index (χ3n) is 4.59. The average molecular weight is 277 g/mol. The highest BCUT2D eigenvalue weighted by Gasteiger charge is 2.56. The van der Waals surface area contributed by atoms with Crippen molar-refractivity contribution in [1.82, 2.24) is 4.72 Å². The standard InChI is InChI=1S/C11H19NO5S/c13-10-5-9(11(10)1-3-16-4-2-11)12-18(14,15)8-6-17-7-8/h8-10,12-13H,1-7H2/t9-,10-/m1/s1. The van der Waals surface area contributed by atoms with E-state index >= 15 is 0 Å². The average Bonchev–Trinajstić information content (AvgIpc) is 2.26. The molecule has 3 aliphatic rings. The molecule has 1 aliphatic carbocycles. The van der Waals surface area contributed by atoms with Gasteiger partial charge in [0.2, 0.25) is 10.0 Å². The Morgan fingerprint density at radius 3 is 2.33 bits per heavy atom. The quantitative estimate of drug-likeness (QED) is 0.708. The first-order valence-electron chi connectivity index (χ1n) is 6.39. The Hall–Kier alpha value is -0.210. The second-order valence-corrected chi connectivity index (χ2v) is 7.46. The second-order valence-electron chi connectivity index (χ2n) is 5.47. The molecule has 104 valence electrons. The smallest absolute Gasteiger partial charge is 0.219 e. The van der Waals surface area contributed by atoms with Crippen LogP contribution in [-0.4, -0.2) is 57.3 Å². The molecule has 2 aliphatic heterocycles. The maximum Gasteiger partial charge on any atom is 0.219 e. The van der Waals surface area contributed by atoms with Gasteiger partial charge in [-0.25, -0.2) is 13.1 Å². The minimum Gasteiger partial charge on any atom is -0.392 e. The number of nitrogens with one attached hydrogen (secondary N) is 1. The molecule has 2 heterocycles. The number of aliphatic hydroxyl groups excluding tert-OH is 1. The molecule has 0 bridgehead atoms. The van der Waals surface area contributed by atoms with Gasteiger partial charge in [0.25, 0.3) is 0 Å². The van der Waals surface area contributed by atoms with Crippen molar-refractivity contribution in [3.8, 4) is 0 Å². The molecule has 18 heavy (non-hydrogen) atoms. The van der Waals surface area contributed by atoms with Crippen LogP contribution in [-0.2, 0) is 19.5 Å². The molecule has 7 heteroatoms. The lowest BCUT2D eigenvalue weighted by molar-refractivity contribution is -0.143. The van der Waals surface area contributed by atoms with Crippen LogP contribution in [0.25, 0.3) is 0 Å². The summed E-state index contributed by atoms with van der Waals surface area (Å²) >= 11 is 0. The van der Waals surface area contributed by atoms with E-state index < -0.39 is 21.4 Å². The summed E-state index contributed by atoms with van der Waals surface area (Å²) in [7, 11) is -3.31. The highest BCUT2D eigenvalue weighted by molar-refractivity contribution is 7.90. The van der Waals surface area contributed by atoms with Crippen LogP contribution >= 0.6 is 0 Å². The molecule has 0 aromatic rings. The minimum absolute atomic E-state index is 0.151. The lowest BCUT2D eigenvalue weighted by Crippen LogP contribution is -2.67. The third kappa shape index (κ3) is 1.89. The zero-order valence-electron chi connectivity index (χ0n) is 10.2. The number of aliphatic hydroxyl groups is 1. The van der Waals surface area contributed by atoms with Gasteiger partial charge in [0.15, 0.2) is 0 Å². The fraction of sp³-hybridized carbons (Fsp3) is 1.00. The monoisotopic (exact) mass is 277 g/mol. The molecular weight excluding hydrogens is 258 g/mol. The van der Waals surface area contributed by atoms with Crippen LogP contribution in [0, 0.1) is 5.41 Å². The van der Waals surface area contributed by atoms with Crippen LogP contribution in [0.2, 0.25) is 0 Å². The van der Waals surface area contributed by atoms with E-state index in [4.69, 9.17) is 9.47 Å². The van der Waals surface area contributed by atoms with E-state index in [9.17, 15) is 13.5 Å². The maximum atomic E-state index is 12.0. The number of ether oxygens (including phenoxy) is 2. The zero-order valence-corrected chi connectivity index (χ0v) is 11.0. The third-order valence-corrected chi connectivity index (χ3v) is 6.36. The van der Waals surface area contributed by atoms with Crippen molar-refractivity contribution in [2.24, 2.45) is 5.41 Å². The minimum atomic E-state index is -3.31. The predicted molar refractivity (Wildman–Crippen MR) is 63.6 cm³/mol. The summed E-state index contributed by atoms with van der Waals surface area (Å²) in [5, 5.41) is 9.56. The van der Waals surface area contributed by atoms with Crippen molar-refractivity contribution in [3.63, 3.8) is 0 Å². The highest BCUT2D eigenvalue weighted by atomic mass is 32.2. The van der Waals surface area contributed by atoms with Gasteiger partial charge in [0.05, 0.1) is 19.3 Å². The number of hydrogen-bond acceptors (Lipinski definition) is 5. The van der Waals surface area contributed by atoms with E-state index in [2.05, 4.69) is 4.72 Å². The van der Waals surface area contributed by atoms with Crippen LogP contribution in [0.1, 0.15) is 19.3 Å². The lowest BCUT2D eigenvalue weighted by atomic mass is 9.58. The molecule has 0 aromatic carbocycles.